The Balaban J connectivity index is 1.96. The van der Waals surface area contributed by atoms with Crippen molar-refractivity contribution < 1.29 is 9.13 Å². The summed E-state index contributed by atoms with van der Waals surface area (Å²) in [5, 5.41) is 1.23. The zero-order chi connectivity index (χ0) is 15.7. The van der Waals surface area contributed by atoms with Crippen LogP contribution in [0.4, 0.5) is 4.39 Å². The van der Waals surface area contributed by atoms with Crippen LogP contribution in [0.25, 0.3) is 10.9 Å². The van der Waals surface area contributed by atoms with Crippen LogP contribution in [0.15, 0.2) is 48.7 Å². The van der Waals surface area contributed by atoms with Crippen LogP contribution in [0.3, 0.4) is 0 Å². The van der Waals surface area contributed by atoms with E-state index < -0.39 is 0 Å². The molecular weight excluding hydrogens is 277 g/mol. The summed E-state index contributed by atoms with van der Waals surface area (Å²) in [5.41, 5.74) is 3.58. The first-order valence-corrected chi connectivity index (χ1v) is 7.53. The number of fused-ring (bicyclic) bond motifs is 1. The molecule has 0 atom stereocenters. The summed E-state index contributed by atoms with van der Waals surface area (Å²) in [6.07, 6.45) is 2.14. The Bertz CT molecular complexity index is 804. The third-order valence-corrected chi connectivity index (χ3v) is 3.89. The van der Waals surface area contributed by atoms with Crippen molar-refractivity contribution in [3.8, 4) is 5.75 Å². The number of hydrogen-bond acceptors (Lipinski definition) is 1. The molecule has 0 bridgehead atoms. The van der Waals surface area contributed by atoms with E-state index in [2.05, 4.69) is 49.7 Å². The van der Waals surface area contributed by atoms with Gasteiger partial charge in [-0.05, 0) is 44.5 Å². The molecule has 2 nitrogen and oxygen atoms in total. The first-order valence-electron chi connectivity index (χ1n) is 7.53. The molecule has 1 heterocycles. The molecule has 0 N–H and O–H groups in total. The summed E-state index contributed by atoms with van der Waals surface area (Å²) in [5.74, 6) is 0.275. The molecule has 0 radical (unpaired) electrons. The number of halogens is 1. The minimum atomic E-state index is -0.279. The van der Waals surface area contributed by atoms with Crippen molar-refractivity contribution in [2.24, 2.45) is 0 Å². The topological polar surface area (TPSA) is 14.2 Å². The lowest BCUT2D eigenvalue weighted by Crippen LogP contribution is -1.98. The van der Waals surface area contributed by atoms with Gasteiger partial charge in [0.2, 0.25) is 0 Å². The standard InChI is InChI=1S/C19H20FNO/c1-13(2)21-11-15(19-14(3)6-4-9-18(19)21)12-22-17-8-5-7-16(20)10-17/h4-11,13H,12H2,1-3H3. The molecule has 0 saturated heterocycles. The van der Waals surface area contributed by atoms with Crippen molar-refractivity contribution in [1.29, 1.82) is 0 Å². The van der Waals surface area contributed by atoms with Gasteiger partial charge in [0.15, 0.2) is 0 Å². The van der Waals surface area contributed by atoms with E-state index in [0.717, 1.165) is 5.56 Å². The van der Waals surface area contributed by atoms with Crippen LogP contribution in [-0.2, 0) is 6.61 Å². The first kappa shape index (κ1) is 14.6. The molecule has 1 aromatic heterocycles. The normalized spacial score (nSPS) is 11.3. The van der Waals surface area contributed by atoms with Crippen LogP contribution < -0.4 is 4.74 Å². The van der Waals surface area contributed by atoms with Crippen LogP contribution >= 0.6 is 0 Å². The fraction of sp³-hybridized carbons (Fsp3) is 0.263. The van der Waals surface area contributed by atoms with Crippen molar-refractivity contribution >= 4 is 10.9 Å². The Labute approximate surface area is 130 Å². The fourth-order valence-electron chi connectivity index (χ4n) is 2.84. The molecule has 114 valence electrons. The van der Waals surface area contributed by atoms with Crippen LogP contribution in [0.5, 0.6) is 5.75 Å². The van der Waals surface area contributed by atoms with Gasteiger partial charge in [0.05, 0.1) is 0 Å². The monoisotopic (exact) mass is 297 g/mol. The molecule has 3 rings (SSSR count). The summed E-state index contributed by atoms with van der Waals surface area (Å²) < 4.78 is 21.3. The minimum Gasteiger partial charge on any atom is -0.489 e. The van der Waals surface area contributed by atoms with E-state index in [9.17, 15) is 4.39 Å². The first-order chi connectivity index (χ1) is 10.6. The van der Waals surface area contributed by atoms with Gasteiger partial charge in [-0.1, -0.05) is 18.2 Å². The summed E-state index contributed by atoms with van der Waals surface area (Å²) in [6.45, 7) is 6.88. The predicted octanol–water partition coefficient (Wildman–Crippen LogP) is 5.25. The van der Waals surface area contributed by atoms with Gasteiger partial charge >= 0.3 is 0 Å². The number of aryl methyl sites for hydroxylation is 1. The van der Waals surface area contributed by atoms with Gasteiger partial charge in [-0.3, -0.25) is 0 Å². The number of aromatic nitrogens is 1. The fourth-order valence-corrected chi connectivity index (χ4v) is 2.84. The van der Waals surface area contributed by atoms with E-state index in [1.54, 1.807) is 12.1 Å². The van der Waals surface area contributed by atoms with Crippen LogP contribution in [0, 0.1) is 12.7 Å². The van der Waals surface area contributed by atoms with Gasteiger partial charge in [0, 0.05) is 34.8 Å². The Morgan fingerprint density at radius 2 is 1.91 bits per heavy atom. The second kappa shape index (κ2) is 5.84. The summed E-state index contributed by atoms with van der Waals surface area (Å²) in [6, 6.07) is 13.0. The van der Waals surface area contributed by atoms with E-state index in [0.29, 0.717) is 18.4 Å². The van der Waals surface area contributed by atoms with Crippen LogP contribution in [0.1, 0.15) is 31.0 Å². The smallest absolute Gasteiger partial charge is 0.126 e. The zero-order valence-corrected chi connectivity index (χ0v) is 13.1. The molecule has 0 unspecified atom stereocenters. The molecule has 0 amide bonds. The van der Waals surface area contributed by atoms with E-state index in [1.165, 1.54) is 28.6 Å². The Kier molecular flexibility index (Phi) is 3.88. The molecule has 2 aromatic carbocycles. The average Bonchev–Trinajstić information content (AvgIpc) is 2.86. The van der Waals surface area contributed by atoms with E-state index in [-0.39, 0.29) is 5.82 Å². The lowest BCUT2D eigenvalue weighted by Gasteiger charge is -2.09. The van der Waals surface area contributed by atoms with Gasteiger partial charge in [-0.2, -0.15) is 0 Å². The SMILES string of the molecule is Cc1cccc2c1c(COc1cccc(F)c1)cn2C(C)C. The molecule has 3 heteroatoms. The largest absolute Gasteiger partial charge is 0.489 e. The highest BCUT2D eigenvalue weighted by Crippen LogP contribution is 2.28. The quantitative estimate of drug-likeness (QED) is 0.641. The maximum Gasteiger partial charge on any atom is 0.126 e. The lowest BCUT2D eigenvalue weighted by molar-refractivity contribution is 0.305. The van der Waals surface area contributed by atoms with E-state index in [1.807, 2.05) is 0 Å². The van der Waals surface area contributed by atoms with Crippen molar-refractivity contribution in [2.45, 2.75) is 33.4 Å². The third kappa shape index (κ3) is 2.71. The maximum atomic E-state index is 13.2. The van der Waals surface area contributed by atoms with E-state index >= 15 is 0 Å². The summed E-state index contributed by atoms with van der Waals surface area (Å²) in [7, 11) is 0. The number of ether oxygens (including phenoxy) is 1. The van der Waals surface area contributed by atoms with Gasteiger partial charge in [-0.25, -0.2) is 4.39 Å². The van der Waals surface area contributed by atoms with Crippen LogP contribution in [-0.4, -0.2) is 4.57 Å². The molecule has 0 spiro atoms. The number of rotatable bonds is 4. The predicted molar refractivity (Wildman–Crippen MR) is 87.8 cm³/mol. The third-order valence-electron chi connectivity index (χ3n) is 3.89. The van der Waals surface area contributed by atoms with Gasteiger partial charge < -0.3 is 9.30 Å². The highest BCUT2D eigenvalue weighted by atomic mass is 19.1. The van der Waals surface area contributed by atoms with Gasteiger partial charge in [0.1, 0.15) is 18.2 Å². The highest BCUT2D eigenvalue weighted by Gasteiger charge is 2.12. The second-order valence-corrected chi connectivity index (χ2v) is 5.87. The number of benzene rings is 2. The molecule has 3 aromatic rings. The number of hydrogen-bond donors (Lipinski definition) is 0. The lowest BCUT2D eigenvalue weighted by atomic mass is 10.1. The van der Waals surface area contributed by atoms with Gasteiger partial charge in [0.25, 0.3) is 0 Å². The molecule has 0 aliphatic heterocycles. The molecule has 0 aliphatic rings. The van der Waals surface area contributed by atoms with E-state index in [4.69, 9.17) is 4.74 Å². The summed E-state index contributed by atoms with van der Waals surface area (Å²) in [4.78, 5) is 0. The Hall–Kier alpha value is -2.29. The zero-order valence-electron chi connectivity index (χ0n) is 13.1. The van der Waals surface area contributed by atoms with Crippen LogP contribution in [0.2, 0.25) is 0 Å². The second-order valence-electron chi connectivity index (χ2n) is 5.87. The van der Waals surface area contributed by atoms with Crippen molar-refractivity contribution in [1.82, 2.24) is 4.57 Å². The highest BCUT2D eigenvalue weighted by molar-refractivity contribution is 5.87. The van der Waals surface area contributed by atoms with Crippen molar-refractivity contribution in [3.05, 3.63) is 65.6 Å². The molecule has 0 aliphatic carbocycles. The molecule has 0 fully saturated rings. The maximum absolute atomic E-state index is 13.2. The average molecular weight is 297 g/mol. The number of nitrogens with zero attached hydrogens (tertiary/aromatic N) is 1. The van der Waals surface area contributed by atoms with Gasteiger partial charge in [-0.15, -0.1) is 0 Å². The minimum absolute atomic E-state index is 0.279. The molecular formula is C19H20FNO. The Morgan fingerprint density at radius 1 is 1.14 bits per heavy atom. The Morgan fingerprint density at radius 3 is 2.64 bits per heavy atom. The summed E-state index contributed by atoms with van der Waals surface area (Å²) >= 11 is 0. The van der Waals surface area contributed by atoms with Crippen molar-refractivity contribution in [2.75, 3.05) is 0 Å². The molecule has 0 saturated carbocycles. The van der Waals surface area contributed by atoms with Crippen molar-refractivity contribution in [3.63, 3.8) is 0 Å². The molecule has 22 heavy (non-hydrogen) atoms.